The van der Waals surface area contributed by atoms with Crippen LogP contribution >= 0.6 is 0 Å². The second-order valence-electron chi connectivity index (χ2n) is 7.42. The van der Waals surface area contributed by atoms with Crippen LogP contribution in [-0.4, -0.2) is 26.2 Å². The molecule has 27 heavy (non-hydrogen) atoms. The van der Waals surface area contributed by atoms with Gasteiger partial charge in [-0.1, -0.05) is 12.1 Å². The number of hydrogen-bond donors (Lipinski definition) is 0. The minimum absolute atomic E-state index is 0.192. The van der Waals surface area contributed by atoms with Crippen molar-refractivity contribution in [3.63, 3.8) is 0 Å². The van der Waals surface area contributed by atoms with Gasteiger partial charge in [0.05, 0.1) is 17.4 Å². The first-order valence-electron chi connectivity index (χ1n) is 9.51. The number of hydrogen-bond acceptors (Lipinski definition) is 3. The fourth-order valence-electron chi connectivity index (χ4n) is 3.99. The number of aryl methyl sites for hydroxylation is 2. The van der Waals surface area contributed by atoms with Crippen molar-refractivity contribution in [1.29, 1.82) is 0 Å². The van der Waals surface area contributed by atoms with Gasteiger partial charge in [-0.3, -0.25) is 14.6 Å². The number of rotatable bonds is 5. The van der Waals surface area contributed by atoms with E-state index in [0.29, 0.717) is 6.04 Å². The molecule has 0 bridgehead atoms. The summed E-state index contributed by atoms with van der Waals surface area (Å²) >= 11 is 0. The smallest absolute Gasteiger partial charge is 0.123 e. The lowest BCUT2D eigenvalue weighted by Crippen LogP contribution is -2.25. The lowest BCUT2D eigenvalue weighted by molar-refractivity contribution is 0.238. The zero-order valence-electron chi connectivity index (χ0n) is 15.9. The van der Waals surface area contributed by atoms with Gasteiger partial charge < -0.3 is 0 Å². The first-order chi connectivity index (χ1) is 13.1. The highest BCUT2D eigenvalue weighted by Crippen LogP contribution is 2.33. The van der Waals surface area contributed by atoms with Crippen molar-refractivity contribution in [2.75, 3.05) is 6.54 Å². The normalized spacial score (nSPS) is 17.5. The molecule has 0 aliphatic carbocycles. The van der Waals surface area contributed by atoms with Gasteiger partial charge in [-0.2, -0.15) is 5.10 Å². The average Bonchev–Trinajstić information content (AvgIpc) is 3.26. The minimum Gasteiger partial charge on any atom is -0.289 e. The molecule has 1 saturated heterocycles. The summed E-state index contributed by atoms with van der Waals surface area (Å²) in [6.07, 6.45) is 4.97. The minimum atomic E-state index is -0.192. The Labute approximate surface area is 159 Å². The van der Waals surface area contributed by atoms with E-state index in [1.54, 1.807) is 0 Å². The lowest BCUT2D eigenvalue weighted by atomic mass is 10.0. The van der Waals surface area contributed by atoms with E-state index in [9.17, 15) is 4.39 Å². The predicted molar refractivity (Wildman–Crippen MR) is 104 cm³/mol. The topological polar surface area (TPSA) is 34.0 Å². The fourth-order valence-corrected chi connectivity index (χ4v) is 3.99. The van der Waals surface area contributed by atoms with Crippen LogP contribution in [0.3, 0.4) is 0 Å². The van der Waals surface area contributed by atoms with Crippen molar-refractivity contribution in [2.45, 2.75) is 38.8 Å². The summed E-state index contributed by atoms with van der Waals surface area (Å²) in [5, 5.41) is 4.29. The Balaban J connectivity index is 1.56. The molecular weight excluding hydrogens is 339 g/mol. The quantitative estimate of drug-likeness (QED) is 0.681. The number of benzene rings is 1. The monoisotopic (exact) mass is 364 g/mol. The molecule has 3 aromatic rings. The molecule has 1 aliphatic heterocycles. The van der Waals surface area contributed by atoms with Crippen molar-refractivity contribution in [3.8, 4) is 0 Å². The van der Waals surface area contributed by atoms with Gasteiger partial charge in [0.2, 0.25) is 0 Å². The maximum atomic E-state index is 13.2. The highest BCUT2D eigenvalue weighted by Gasteiger charge is 2.28. The molecule has 0 amide bonds. The van der Waals surface area contributed by atoms with E-state index in [1.807, 2.05) is 30.1 Å². The number of likely N-dealkylation sites (tertiary alicyclic amines) is 1. The number of halogens is 1. The number of nitrogens with zero attached hydrogens (tertiary/aromatic N) is 4. The van der Waals surface area contributed by atoms with Gasteiger partial charge in [-0.05, 0) is 74.2 Å². The Morgan fingerprint density at radius 3 is 2.67 bits per heavy atom. The van der Waals surface area contributed by atoms with Crippen LogP contribution in [0.25, 0.3) is 0 Å². The van der Waals surface area contributed by atoms with Crippen LogP contribution in [0.2, 0.25) is 0 Å². The lowest BCUT2D eigenvalue weighted by Gasteiger charge is -2.24. The van der Waals surface area contributed by atoms with Gasteiger partial charge in [-0.15, -0.1) is 0 Å². The Hall–Kier alpha value is -2.53. The molecule has 1 aliphatic rings. The number of aromatic nitrogens is 3. The molecule has 4 rings (SSSR count). The summed E-state index contributed by atoms with van der Waals surface area (Å²) in [5.74, 6) is -0.192. The zero-order valence-corrected chi connectivity index (χ0v) is 15.9. The third-order valence-electron chi connectivity index (χ3n) is 5.35. The molecule has 3 heterocycles. The summed E-state index contributed by atoms with van der Waals surface area (Å²) in [5.41, 5.74) is 5.76. The predicted octanol–water partition coefficient (Wildman–Crippen LogP) is 4.19. The van der Waals surface area contributed by atoms with Crippen LogP contribution < -0.4 is 0 Å². The second-order valence-corrected chi connectivity index (χ2v) is 7.42. The van der Waals surface area contributed by atoms with Gasteiger partial charge in [0.15, 0.2) is 0 Å². The summed E-state index contributed by atoms with van der Waals surface area (Å²) in [7, 11) is 1.99. The van der Waals surface area contributed by atoms with Crippen molar-refractivity contribution < 1.29 is 4.39 Å². The van der Waals surface area contributed by atoms with Gasteiger partial charge in [0.25, 0.3) is 0 Å². The standard InChI is InChI=1S/C22H25FN4/c1-16-12-18(13-17-5-7-19(23)8-6-17)14-21(25-16)22-4-3-11-27(22)15-20-9-10-24-26(20)2/h5-10,12,14,22H,3-4,11,13,15H2,1-2H3/t22-/m1/s1. The van der Waals surface area contributed by atoms with Gasteiger partial charge in [0, 0.05) is 25.5 Å². The van der Waals surface area contributed by atoms with Crippen molar-refractivity contribution >= 4 is 0 Å². The van der Waals surface area contributed by atoms with Gasteiger partial charge in [0.1, 0.15) is 5.82 Å². The van der Waals surface area contributed by atoms with E-state index in [-0.39, 0.29) is 5.82 Å². The molecule has 0 spiro atoms. The third-order valence-corrected chi connectivity index (χ3v) is 5.35. The van der Waals surface area contributed by atoms with Crippen LogP contribution in [0.4, 0.5) is 4.39 Å². The fraction of sp³-hybridized carbons (Fsp3) is 0.364. The number of pyridine rings is 1. The molecule has 0 N–H and O–H groups in total. The molecule has 4 nitrogen and oxygen atoms in total. The molecule has 1 atom stereocenters. The third kappa shape index (κ3) is 4.08. The van der Waals surface area contributed by atoms with Crippen LogP contribution in [-0.2, 0) is 20.0 Å². The maximum absolute atomic E-state index is 13.2. The van der Waals surface area contributed by atoms with Crippen LogP contribution in [0.1, 0.15) is 47.1 Å². The SMILES string of the molecule is Cc1cc(Cc2ccc(F)cc2)cc([C@H]2CCCN2Cc2ccnn2C)n1. The molecular formula is C22H25FN4. The average molecular weight is 364 g/mol. The zero-order chi connectivity index (χ0) is 18.8. The van der Waals surface area contributed by atoms with Crippen molar-refractivity contribution in [1.82, 2.24) is 19.7 Å². The molecule has 2 aromatic heterocycles. The maximum Gasteiger partial charge on any atom is 0.123 e. The summed E-state index contributed by atoms with van der Waals surface area (Å²) < 4.78 is 15.1. The van der Waals surface area contributed by atoms with E-state index < -0.39 is 0 Å². The first-order valence-corrected chi connectivity index (χ1v) is 9.51. The Kier molecular flexibility index (Phi) is 5.03. The second kappa shape index (κ2) is 7.61. The molecule has 1 aromatic carbocycles. The summed E-state index contributed by atoms with van der Waals surface area (Å²) in [6, 6.07) is 13.5. The highest BCUT2D eigenvalue weighted by atomic mass is 19.1. The van der Waals surface area contributed by atoms with E-state index in [4.69, 9.17) is 4.98 Å². The van der Waals surface area contributed by atoms with Crippen molar-refractivity contribution in [3.05, 3.63) is 82.7 Å². The van der Waals surface area contributed by atoms with Crippen LogP contribution in [0.5, 0.6) is 0 Å². The van der Waals surface area contributed by atoms with E-state index >= 15 is 0 Å². The van der Waals surface area contributed by atoms with Crippen molar-refractivity contribution in [2.24, 2.45) is 7.05 Å². The molecule has 5 heteroatoms. The van der Waals surface area contributed by atoms with Gasteiger partial charge >= 0.3 is 0 Å². The molecule has 140 valence electrons. The van der Waals surface area contributed by atoms with E-state index in [2.05, 4.69) is 35.1 Å². The van der Waals surface area contributed by atoms with Crippen LogP contribution in [0.15, 0.2) is 48.7 Å². The Morgan fingerprint density at radius 2 is 1.93 bits per heavy atom. The van der Waals surface area contributed by atoms with E-state index in [1.165, 1.54) is 29.8 Å². The Morgan fingerprint density at radius 1 is 1.11 bits per heavy atom. The van der Waals surface area contributed by atoms with Crippen LogP contribution in [0, 0.1) is 12.7 Å². The summed E-state index contributed by atoms with van der Waals surface area (Å²) in [4.78, 5) is 7.35. The summed E-state index contributed by atoms with van der Waals surface area (Å²) in [6.45, 7) is 4.03. The molecule has 0 saturated carbocycles. The molecule has 0 radical (unpaired) electrons. The largest absolute Gasteiger partial charge is 0.289 e. The highest BCUT2D eigenvalue weighted by molar-refractivity contribution is 5.30. The van der Waals surface area contributed by atoms with Gasteiger partial charge in [-0.25, -0.2) is 4.39 Å². The Bertz CT molecular complexity index is 916. The first kappa shape index (κ1) is 17.9. The van der Waals surface area contributed by atoms with E-state index in [0.717, 1.165) is 42.9 Å². The molecule has 1 fully saturated rings. The molecule has 0 unspecified atom stereocenters.